The molecule has 1 aromatic carbocycles. The molecule has 2 N–H and O–H groups in total. The first kappa shape index (κ1) is 12.8. The number of aryl methyl sites for hydroxylation is 2. The van der Waals surface area contributed by atoms with Gasteiger partial charge in [-0.3, -0.25) is 9.67 Å². The van der Waals surface area contributed by atoms with Crippen LogP contribution in [0.2, 0.25) is 0 Å². The van der Waals surface area contributed by atoms with Gasteiger partial charge in [-0.15, -0.1) is 0 Å². The average molecular weight is 266 g/mol. The van der Waals surface area contributed by atoms with Crippen molar-refractivity contribution in [2.75, 3.05) is 0 Å². The Morgan fingerprint density at radius 1 is 1.25 bits per heavy atom. The summed E-state index contributed by atoms with van der Waals surface area (Å²) in [5.74, 6) is 0. The lowest BCUT2D eigenvalue weighted by atomic mass is 10.0. The van der Waals surface area contributed by atoms with Gasteiger partial charge >= 0.3 is 0 Å². The summed E-state index contributed by atoms with van der Waals surface area (Å²) in [6.07, 6.45) is 1.80. The summed E-state index contributed by atoms with van der Waals surface area (Å²) in [5, 5.41) is 5.59. The molecule has 4 nitrogen and oxygen atoms in total. The van der Waals surface area contributed by atoms with E-state index in [4.69, 9.17) is 5.73 Å². The fourth-order valence-electron chi connectivity index (χ4n) is 2.52. The van der Waals surface area contributed by atoms with Crippen molar-refractivity contribution in [3.05, 3.63) is 59.5 Å². The topological polar surface area (TPSA) is 56.7 Å². The third-order valence-electron chi connectivity index (χ3n) is 3.54. The number of nitrogens with zero attached hydrogens (tertiary/aromatic N) is 3. The van der Waals surface area contributed by atoms with E-state index in [1.54, 1.807) is 6.20 Å². The number of nitrogens with two attached hydrogens (primary N) is 1. The van der Waals surface area contributed by atoms with E-state index in [0.717, 1.165) is 34.4 Å². The normalized spacial score (nSPS) is 12.8. The quantitative estimate of drug-likeness (QED) is 0.793. The van der Waals surface area contributed by atoms with Crippen molar-refractivity contribution in [2.24, 2.45) is 5.73 Å². The van der Waals surface area contributed by atoms with E-state index in [1.807, 2.05) is 17.7 Å². The maximum Gasteiger partial charge on any atom is 0.0724 e. The lowest BCUT2D eigenvalue weighted by Crippen LogP contribution is -2.17. The fourth-order valence-corrected chi connectivity index (χ4v) is 2.52. The van der Waals surface area contributed by atoms with Crippen molar-refractivity contribution >= 4 is 10.9 Å². The Hall–Kier alpha value is -2.20. The zero-order chi connectivity index (χ0) is 14.1. The molecular formula is C16H18N4. The van der Waals surface area contributed by atoms with E-state index in [-0.39, 0.29) is 6.04 Å². The largest absolute Gasteiger partial charge is 0.319 e. The average Bonchev–Trinajstić information content (AvgIpc) is 2.87. The lowest BCUT2D eigenvalue weighted by Gasteiger charge is -2.14. The predicted octanol–water partition coefficient (Wildman–Crippen LogP) is 2.81. The van der Waals surface area contributed by atoms with E-state index < -0.39 is 0 Å². The zero-order valence-electron chi connectivity index (χ0n) is 11.7. The summed E-state index contributed by atoms with van der Waals surface area (Å²) < 4.78 is 1.96. The second-order valence-electron chi connectivity index (χ2n) is 4.96. The molecule has 2 aromatic heterocycles. The molecule has 2 heterocycles. The van der Waals surface area contributed by atoms with Crippen LogP contribution in [-0.2, 0) is 6.54 Å². The summed E-state index contributed by atoms with van der Waals surface area (Å²) in [6, 6.07) is 12.1. The second kappa shape index (κ2) is 5.06. The molecule has 0 bridgehead atoms. The van der Waals surface area contributed by atoms with Gasteiger partial charge in [0.2, 0.25) is 0 Å². The number of benzene rings is 1. The Bertz CT molecular complexity index is 745. The molecule has 102 valence electrons. The molecule has 1 atom stereocenters. The predicted molar refractivity (Wildman–Crippen MR) is 80.4 cm³/mol. The summed E-state index contributed by atoms with van der Waals surface area (Å²) in [7, 11) is 0. The van der Waals surface area contributed by atoms with Crippen LogP contribution < -0.4 is 5.73 Å². The van der Waals surface area contributed by atoms with Crippen LogP contribution in [0.4, 0.5) is 0 Å². The number of hydrogen-bond donors (Lipinski definition) is 1. The summed E-state index contributed by atoms with van der Waals surface area (Å²) in [5.41, 5.74) is 10.5. The van der Waals surface area contributed by atoms with Crippen LogP contribution in [-0.4, -0.2) is 14.8 Å². The van der Waals surface area contributed by atoms with Crippen molar-refractivity contribution in [3.8, 4) is 0 Å². The van der Waals surface area contributed by atoms with Gasteiger partial charge < -0.3 is 5.73 Å². The molecule has 0 fully saturated rings. The van der Waals surface area contributed by atoms with E-state index in [0.29, 0.717) is 0 Å². The Morgan fingerprint density at radius 3 is 2.90 bits per heavy atom. The maximum atomic E-state index is 6.41. The smallest absolute Gasteiger partial charge is 0.0724 e. The number of fused-ring (bicyclic) bond motifs is 1. The SMILES string of the molecule is CCn1nc(C)cc1C(N)c1ccc2cccnc2c1. The molecule has 1 unspecified atom stereocenters. The van der Waals surface area contributed by atoms with Gasteiger partial charge in [-0.1, -0.05) is 18.2 Å². The van der Waals surface area contributed by atoms with Gasteiger partial charge in [-0.25, -0.2) is 0 Å². The molecule has 3 rings (SSSR count). The molecule has 0 saturated heterocycles. The highest BCUT2D eigenvalue weighted by Gasteiger charge is 2.15. The Morgan fingerprint density at radius 2 is 2.10 bits per heavy atom. The molecule has 0 radical (unpaired) electrons. The third kappa shape index (κ3) is 2.18. The van der Waals surface area contributed by atoms with Crippen LogP contribution in [0.15, 0.2) is 42.6 Å². The van der Waals surface area contributed by atoms with Crippen molar-refractivity contribution in [1.82, 2.24) is 14.8 Å². The van der Waals surface area contributed by atoms with Gasteiger partial charge in [0, 0.05) is 18.1 Å². The Balaban J connectivity index is 2.05. The van der Waals surface area contributed by atoms with Crippen LogP contribution >= 0.6 is 0 Å². The maximum absolute atomic E-state index is 6.41. The number of aromatic nitrogens is 3. The van der Waals surface area contributed by atoms with Gasteiger partial charge in [-0.05, 0) is 37.6 Å². The molecule has 3 aromatic rings. The summed E-state index contributed by atoms with van der Waals surface area (Å²) >= 11 is 0. The van der Waals surface area contributed by atoms with Gasteiger partial charge in [-0.2, -0.15) is 5.10 Å². The lowest BCUT2D eigenvalue weighted by molar-refractivity contribution is 0.597. The zero-order valence-corrected chi connectivity index (χ0v) is 11.7. The third-order valence-corrected chi connectivity index (χ3v) is 3.54. The van der Waals surface area contributed by atoms with Gasteiger partial charge in [0.15, 0.2) is 0 Å². The fraction of sp³-hybridized carbons (Fsp3) is 0.250. The molecule has 0 spiro atoms. The standard InChI is InChI=1S/C16H18N4/c1-3-20-15(9-11(2)19-20)16(17)13-7-6-12-5-4-8-18-14(12)10-13/h4-10,16H,3,17H2,1-2H3. The van der Waals surface area contributed by atoms with Crippen LogP contribution in [0, 0.1) is 6.92 Å². The molecule has 0 amide bonds. The second-order valence-corrected chi connectivity index (χ2v) is 4.96. The number of hydrogen-bond acceptors (Lipinski definition) is 3. The van der Waals surface area contributed by atoms with E-state index in [9.17, 15) is 0 Å². The first-order valence-corrected chi connectivity index (χ1v) is 6.83. The molecule has 0 aliphatic heterocycles. The Labute approximate surface area is 118 Å². The van der Waals surface area contributed by atoms with Crippen LogP contribution in [0.1, 0.15) is 29.9 Å². The minimum absolute atomic E-state index is 0.178. The molecular weight excluding hydrogens is 248 g/mol. The monoisotopic (exact) mass is 266 g/mol. The Kier molecular flexibility index (Phi) is 3.24. The van der Waals surface area contributed by atoms with Crippen LogP contribution in [0.3, 0.4) is 0 Å². The van der Waals surface area contributed by atoms with Crippen LogP contribution in [0.5, 0.6) is 0 Å². The van der Waals surface area contributed by atoms with Crippen molar-refractivity contribution < 1.29 is 0 Å². The first-order valence-electron chi connectivity index (χ1n) is 6.83. The molecule has 4 heteroatoms. The van der Waals surface area contributed by atoms with E-state index in [2.05, 4.69) is 47.3 Å². The van der Waals surface area contributed by atoms with Crippen molar-refractivity contribution in [1.29, 1.82) is 0 Å². The van der Waals surface area contributed by atoms with Crippen LogP contribution in [0.25, 0.3) is 10.9 Å². The molecule has 0 aliphatic carbocycles. The minimum Gasteiger partial charge on any atom is -0.319 e. The molecule has 0 saturated carbocycles. The van der Waals surface area contributed by atoms with Gasteiger partial charge in [0.05, 0.1) is 22.9 Å². The van der Waals surface area contributed by atoms with Gasteiger partial charge in [0.25, 0.3) is 0 Å². The van der Waals surface area contributed by atoms with Crippen molar-refractivity contribution in [3.63, 3.8) is 0 Å². The number of pyridine rings is 1. The molecule has 20 heavy (non-hydrogen) atoms. The summed E-state index contributed by atoms with van der Waals surface area (Å²) in [4.78, 5) is 4.39. The number of rotatable bonds is 3. The van der Waals surface area contributed by atoms with E-state index >= 15 is 0 Å². The van der Waals surface area contributed by atoms with Crippen molar-refractivity contribution in [2.45, 2.75) is 26.4 Å². The molecule has 0 aliphatic rings. The first-order chi connectivity index (χ1) is 9.69. The van der Waals surface area contributed by atoms with Gasteiger partial charge in [0.1, 0.15) is 0 Å². The summed E-state index contributed by atoms with van der Waals surface area (Å²) in [6.45, 7) is 4.89. The van der Waals surface area contributed by atoms with E-state index in [1.165, 1.54) is 0 Å². The highest BCUT2D eigenvalue weighted by molar-refractivity contribution is 5.79. The highest BCUT2D eigenvalue weighted by Crippen LogP contribution is 2.23. The minimum atomic E-state index is -0.178. The highest BCUT2D eigenvalue weighted by atomic mass is 15.3.